The summed E-state index contributed by atoms with van der Waals surface area (Å²) in [6.45, 7) is 2.41. The molecule has 1 saturated heterocycles. The van der Waals surface area contributed by atoms with Crippen LogP contribution in [0.15, 0.2) is 54.6 Å². The van der Waals surface area contributed by atoms with E-state index < -0.39 is 5.91 Å². The van der Waals surface area contributed by atoms with Crippen molar-refractivity contribution >= 4 is 5.91 Å². The predicted octanol–water partition coefficient (Wildman–Crippen LogP) is 2.72. The molecule has 1 heterocycles. The van der Waals surface area contributed by atoms with Crippen LogP contribution in [0.2, 0.25) is 0 Å². The Labute approximate surface area is 137 Å². The summed E-state index contributed by atoms with van der Waals surface area (Å²) in [7, 11) is 0. The molecule has 0 aliphatic carbocycles. The van der Waals surface area contributed by atoms with Gasteiger partial charge in [-0.25, -0.2) is 0 Å². The third kappa shape index (κ3) is 5.75. The van der Waals surface area contributed by atoms with Gasteiger partial charge in [0.15, 0.2) is 0 Å². The minimum absolute atomic E-state index is 0.0741. The third-order valence-electron chi connectivity index (χ3n) is 4.00. The van der Waals surface area contributed by atoms with Crippen LogP contribution in [-0.4, -0.2) is 24.1 Å². The fourth-order valence-corrected chi connectivity index (χ4v) is 2.72. The monoisotopic (exact) mass is 312 g/mol. The van der Waals surface area contributed by atoms with Crippen LogP contribution < -0.4 is 11.1 Å². The lowest BCUT2D eigenvalue weighted by Gasteiger charge is -2.22. The number of para-hydroxylation sites is 1. The minimum Gasteiger partial charge on any atom is -0.507 e. The van der Waals surface area contributed by atoms with Gasteiger partial charge in [-0.2, -0.15) is 0 Å². The summed E-state index contributed by atoms with van der Waals surface area (Å²) < 4.78 is 0. The van der Waals surface area contributed by atoms with Crippen LogP contribution in [-0.2, 0) is 6.42 Å². The predicted molar refractivity (Wildman–Crippen MR) is 92.4 cm³/mol. The molecule has 122 valence electrons. The molecule has 4 heteroatoms. The Kier molecular flexibility index (Phi) is 6.63. The fraction of sp³-hybridized carbons (Fsp3) is 0.316. The molecule has 3 rings (SSSR count). The number of primary amides is 1. The Morgan fingerprint density at radius 1 is 1.04 bits per heavy atom. The summed E-state index contributed by atoms with van der Waals surface area (Å²) >= 11 is 0. The number of aromatic hydroxyl groups is 1. The zero-order valence-corrected chi connectivity index (χ0v) is 13.2. The van der Waals surface area contributed by atoms with E-state index in [4.69, 9.17) is 10.8 Å². The Balaban J connectivity index is 0.000000174. The van der Waals surface area contributed by atoms with Crippen molar-refractivity contribution in [1.29, 1.82) is 0 Å². The summed E-state index contributed by atoms with van der Waals surface area (Å²) in [4.78, 5) is 10.5. The highest BCUT2D eigenvalue weighted by atomic mass is 16.3. The number of benzene rings is 2. The zero-order valence-electron chi connectivity index (χ0n) is 13.2. The zero-order chi connectivity index (χ0) is 16.5. The van der Waals surface area contributed by atoms with Crippen LogP contribution >= 0.6 is 0 Å². The number of phenols is 1. The first-order valence-electron chi connectivity index (χ1n) is 7.99. The molecular weight excluding hydrogens is 288 g/mol. The Bertz CT molecular complexity index is 608. The van der Waals surface area contributed by atoms with Crippen molar-refractivity contribution in [3.05, 3.63) is 65.7 Å². The molecule has 2 aromatic carbocycles. The number of carbonyl (C=O) groups is 1. The Morgan fingerprint density at radius 2 is 1.65 bits per heavy atom. The van der Waals surface area contributed by atoms with Crippen molar-refractivity contribution in [2.24, 2.45) is 11.7 Å². The number of rotatable bonds is 3. The molecule has 0 spiro atoms. The largest absolute Gasteiger partial charge is 0.507 e. The van der Waals surface area contributed by atoms with Gasteiger partial charge in [-0.05, 0) is 56.0 Å². The highest BCUT2D eigenvalue weighted by Crippen LogP contribution is 2.17. The van der Waals surface area contributed by atoms with E-state index in [1.807, 2.05) is 0 Å². The Hall–Kier alpha value is -2.33. The molecule has 1 aliphatic heterocycles. The van der Waals surface area contributed by atoms with Gasteiger partial charge < -0.3 is 16.2 Å². The van der Waals surface area contributed by atoms with E-state index in [1.165, 1.54) is 50.0 Å². The first kappa shape index (κ1) is 17.0. The topological polar surface area (TPSA) is 75.4 Å². The van der Waals surface area contributed by atoms with E-state index in [-0.39, 0.29) is 11.3 Å². The first-order valence-corrected chi connectivity index (χ1v) is 7.99. The maximum absolute atomic E-state index is 10.5. The maximum atomic E-state index is 10.5. The van der Waals surface area contributed by atoms with Crippen LogP contribution in [0.3, 0.4) is 0 Å². The van der Waals surface area contributed by atoms with Crippen molar-refractivity contribution in [3.8, 4) is 5.75 Å². The van der Waals surface area contributed by atoms with Crippen LogP contribution in [0, 0.1) is 5.92 Å². The molecule has 2 aromatic rings. The lowest BCUT2D eigenvalue weighted by atomic mass is 9.91. The van der Waals surface area contributed by atoms with Crippen molar-refractivity contribution in [2.75, 3.05) is 13.1 Å². The van der Waals surface area contributed by atoms with E-state index >= 15 is 0 Å². The number of amides is 1. The number of piperidine rings is 1. The average Bonchev–Trinajstić information content (AvgIpc) is 2.57. The number of nitrogens with one attached hydrogen (secondary N) is 1. The van der Waals surface area contributed by atoms with E-state index in [0.717, 1.165) is 5.92 Å². The lowest BCUT2D eigenvalue weighted by Crippen LogP contribution is -2.28. The van der Waals surface area contributed by atoms with Crippen LogP contribution in [0.4, 0.5) is 0 Å². The average molecular weight is 312 g/mol. The summed E-state index contributed by atoms with van der Waals surface area (Å²) in [6.07, 6.45) is 3.95. The van der Waals surface area contributed by atoms with Gasteiger partial charge in [0.25, 0.3) is 5.91 Å². The Morgan fingerprint density at radius 3 is 2.22 bits per heavy atom. The number of hydrogen-bond acceptors (Lipinski definition) is 3. The second-order valence-electron chi connectivity index (χ2n) is 5.76. The van der Waals surface area contributed by atoms with Crippen molar-refractivity contribution < 1.29 is 9.90 Å². The SMILES string of the molecule is NC(=O)c1ccccc1O.c1ccc(CC2CCNCC2)cc1. The highest BCUT2D eigenvalue weighted by Gasteiger charge is 2.12. The maximum Gasteiger partial charge on any atom is 0.252 e. The molecule has 0 bridgehead atoms. The minimum atomic E-state index is -0.613. The number of hydrogen-bond donors (Lipinski definition) is 3. The van der Waals surface area contributed by atoms with Crippen LogP contribution in [0.5, 0.6) is 5.75 Å². The molecular formula is C19H24N2O2. The van der Waals surface area contributed by atoms with E-state index in [9.17, 15) is 4.79 Å². The second kappa shape index (κ2) is 8.96. The van der Waals surface area contributed by atoms with Gasteiger partial charge in [0.1, 0.15) is 5.75 Å². The van der Waals surface area contributed by atoms with Gasteiger partial charge in [-0.3, -0.25) is 4.79 Å². The van der Waals surface area contributed by atoms with Gasteiger partial charge in [-0.1, -0.05) is 42.5 Å². The molecule has 4 N–H and O–H groups in total. The van der Waals surface area contributed by atoms with E-state index in [2.05, 4.69) is 35.6 Å². The molecule has 0 radical (unpaired) electrons. The van der Waals surface area contributed by atoms with E-state index in [1.54, 1.807) is 12.1 Å². The first-order chi connectivity index (χ1) is 11.2. The molecule has 0 aromatic heterocycles. The quantitative estimate of drug-likeness (QED) is 0.815. The molecule has 0 atom stereocenters. The van der Waals surface area contributed by atoms with Gasteiger partial charge in [0.05, 0.1) is 5.56 Å². The van der Waals surface area contributed by atoms with Crippen LogP contribution in [0.25, 0.3) is 0 Å². The molecule has 1 fully saturated rings. The standard InChI is InChI=1S/C12H17N.C7H7NO2/c1-2-4-11(5-3-1)10-12-6-8-13-9-7-12;8-7(10)5-3-1-2-4-6(5)9/h1-5,12-13H,6-10H2;1-4,9H,(H2,8,10). The second-order valence-corrected chi connectivity index (χ2v) is 5.76. The molecule has 0 saturated carbocycles. The summed E-state index contributed by atoms with van der Waals surface area (Å²) in [5, 5.41) is 12.4. The summed E-state index contributed by atoms with van der Waals surface area (Å²) in [6, 6.07) is 17.0. The molecule has 4 nitrogen and oxygen atoms in total. The van der Waals surface area contributed by atoms with Gasteiger partial charge in [-0.15, -0.1) is 0 Å². The van der Waals surface area contributed by atoms with Crippen LogP contribution in [0.1, 0.15) is 28.8 Å². The third-order valence-corrected chi connectivity index (χ3v) is 4.00. The van der Waals surface area contributed by atoms with Crippen molar-refractivity contribution in [3.63, 3.8) is 0 Å². The van der Waals surface area contributed by atoms with Gasteiger partial charge in [0.2, 0.25) is 0 Å². The molecule has 1 aliphatic rings. The molecule has 23 heavy (non-hydrogen) atoms. The molecule has 0 unspecified atom stereocenters. The number of carbonyl (C=O) groups excluding carboxylic acids is 1. The lowest BCUT2D eigenvalue weighted by molar-refractivity contribution is 0.0998. The van der Waals surface area contributed by atoms with Gasteiger partial charge >= 0.3 is 0 Å². The highest BCUT2D eigenvalue weighted by molar-refractivity contribution is 5.95. The van der Waals surface area contributed by atoms with Crippen molar-refractivity contribution in [1.82, 2.24) is 5.32 Å². The van der Waals surface area contributed by atoms with Crippen molar-refractivity contribution in [2.45, 2.75) is 19.3 Å². The number of nitrogens with two attached hydrogens (primary N) is 1. The van der Waals surface area contributed by atoms with Gasteiger partial charge in [0, 0.05) is 0 Å². The smallest absolute Gasteiger partial charge is 0.252 e. The molecule has 1 amide bonds. The van der Waals surface area contributed by atoms with E-state index in [0.29, 0.717) is 0 Å². The normalized spacial score (nSPS) is 14.6. The summed E-state index contributed by atoms with van der Waals surface area (Å²) in [5.41, 5.74) is 6.57. The summed E-state index contributed by atoms with van der Waals surface area (Å²) in [5.74, 6) is 0.219. The fourth-order valence-electron chi connectivity index (χ4n) is 2.72.